The molecule has 40 heavy (non-hydrogen) atoms. The van der Waals surface area contributed by atoms with E-state index in [2.05, 4.69) is 17.1 Å². The number of benzene rings is 3. The molecule has 0 bridgehead atoms. The van der Waals surface area contributed by atoms with Crippen LogP contribution in [0.3, 0.4) is 0 Å². The van der Waals surface area contributed by atoms with Gasteiger partial charge in [-0.15, -0.1) is 0 Å². The van der Waals surface area contributed by atoms with Gasteiger partial charge in [0.1, 0.15) is 6.61 Å². The van der Waals surface area contributed by atoms with E-state index in [1.165, 1.54) is 0 Å². The van der Waals surface area contributed by atoms with E-state index in [0.29, 0.717) is 18.7 Å². The number of hydrogen-bond donors (Lipinski definition) is 3. The Hall–Kier alpha value is -4.05. The number of rotatable bonds is 13. The maximum atomic E-state index is 13.4. The van der Waals surface area contributed by atoms with Gasteiger partial charge in [0.2, 0.25) is 5.91 Å². The quantitative estimate of drug-likeness (QED) is 0.223. The molecular weight excluding hydrogens is 506 g/mol. The van der Waals surface area contributed by atoms with Gasteiger partial charge in [-0.25, -0.2) is 14.8 Å². The maximum Gasteiger partial charge on any atom is 0.429 e. The lowest BCUT2D eigenvalue weighted by Gasteiger charge is -2.37. The lowest BCUT2D eigenvalue weighted by atomic mass is 10.0. The summed E-state index contributed by atoms with van der Waals surface area (Å²) < 4.78 is 5.68. The summed E-state index contributed by atoms with van der Waals surface area (Å²) in [6.45, 7) is 2.64. The number of hydrogen-bond acceptors (Lipinski definition) is 7. The minimum absolute atomic E-state index is 0.0639. The fourth-order valence-corrected chi connectivity index (χ4v) is 4.54. The molecule has 0 atom stereocenters. The van der Waals surface area contributed by atoms with E-state index in [9.17, 15) is 14.4 Å². The Balaban J connectivity index is 1.31. The second-order valence-electron chi connectivity index (χ2n) is 9.50. The van der Waals surface area contributed by atoms with Crippen LogP contribution in [0.15, 0.2) is 78.9 Å². The fraction of sp³-hybridized carbons (Fsp3) is 0.290. The highest BCUT2D eigenvalue weighted by atomic mass is 16.6. The minimum atomic E-state index is -0.445. The highest BCUT2D eigenvalue weighted by Crippen LogP contribution is 2.33. The van der Waals surface area contributed by atoms with Gasteiger partial charge in [0.25, 0.3) is 0 Å². The SMILES string of the molecule is NC(=O)CNCc1ccc(C(=O)CNCCOC(=O)N(c2ccccc2-c2ccccc2)N2CC[CH]CC2)cc1. The van der Waals surface area contributed by atoms with Crippen molar-refractivity contribution < 1.29 is 19.1 Å². The molecule has 0 spiro atoms. The summed E-state index contributed by atoms with van der Waals surface area (Å²) in [6.07, 6.45) is 3.58. The highest BCUT2D eigenvalue weighted by Gasteiger charge is 2.28. The molecule has 3 aromatic carbocycles. The first-order chi connectivity index (χ1) is 19.5. The third kappa shape index (κ3) is 8.22. The predicted molar refractivity (Wildman–Crippen MR) is 155 cm³/mol. The Morgan fingerprint density at radius 3 is 2.27 bits per heavy atom. The number of piperidine rings is 1. The van der Waals surface area contributed by atoms with Crippen molar-refractivity contribution in [3.05, 3.63) is 96.4 Å². The van der Waals surface area contributed by atoms with Crippen molar-refractivity contribution in [2.24, 2.45) is 5.73 Å². The van der Waals surface area contributed by atoms with Gasteiger partial charge in [0, 0.05) is 37.3 Å². The topological polar surface area (TPSA) is 117 Å². The molecule has 1 aliphatic heterocycles. The van der Waals surface area contributed by atoms with Crippen LogP contribution in [-0.2, 0) is 16.1 Å². The molecule has 1 heterocycles. The van der Waals surface area contributed by atoms with E-state index in [0.717, 1.165) is 48.3 Å². The fourth-order valence-electron chi connectivity index (χ4n) is 4.54. The molecule has 0 saturated carbocycles. The number of anilines is 1. The molecular formula is C31H36N5O4. The number of nitrogens with zero attached hydrogens (tertiary/aromatic N) is 2. The van der Waals surface area contributed by atoms with Gasteiger partial charge < -0.3 is 21.1 Å². The maximum absolute atomic E-state index is 13.4. The number of carbonyl (C=O) groups excluding carboxylic acids is 3. The number of ether oxygens (including phenoxy) is 1. The highest BCUT2D eigenvalue weighted by molar-refractivity contribution is 5.97. The Labute approximate surface area is 235 Å². The second-order valence-corrected chi connectivity index (χ2v) is 9.50. The Morgan fingerprint density at radius 1 is 0.850 bits per heavy atom. The van der Waals surface area contributed by atoms with Crippen LogP contribution in [0.1, 0.15) is 28.8 Å². The standard InChI is InChI=1S/C31H36N5O4/c32-30(38)23-34-21-24-13-15-26(16-14-24)29(37)22-33-17-20-40-31(39)36(35-18-7-2-8-19-35)28-12-6-5-11-27(28)25-9-3-1-4-10-25/h1-6,9-16,33-34H,7-8,17-23H2,(H2,32,38). The van der Waals surface area contributed by atoms with E-state index in [-0.39, 0.29) is 25.5 Å². The molecule has 9 nitrogen and oxygen atoms in total. The van der Waals surface area contributed by atoms with Crippen LogP contribution >= 0.6 is 0 Å². The average Bonchev–Trinajstić information content (AvgIpc) is 2.98. The van der Waals surface area contributed by atoms with Crippen LogP contribution in [0, 0.1) is 6.42 Å². The van der Waals surface area contributed by atoms with E-state index in [1.807, 2.05) is 71.7 Å². The number of para-hydroxylation sites is 1. The molecule has 1 radical (unpaired) electrons. The number of Topliss-reactive ketones (excluding diaryl/α,β-unsaturated/α-hetero) is 1. The van der Waals surface area contributed by atoms with E-state index in [1.54, 1.807) is 17.1 Å². The molecule has 209 valence electrons. The zero-order chi connectivity index (χ0) is 28.2. The summed E-state index contributed by atoms with van der Waals surface area (Å²) in [5.41, 5.74) is 9.40. The first-order valence-electron chi connectivity index (χ1n) is 13.5. The van der Waals surface area contributed by atoms with Gasteiger partial charge in [-0.2, -0.15) is 0 Å². The number of nitrogens with two attached hydrogens (primary N) is 1. The smallest absolute Gasteiger partial charge is 0.429 e. The molecule has 1 aliphatic rings. The number of carbonyl (C=O) groups is 3. The van der Waals surface area contributed by atoms with Gasteiger partial charge in [-0.05, 0) is 36.5 Å². The summed E-state index contributed by atoms with van der Waals surface area (Å²) >= 11 is 0. The van der Waals surface area contributed by atoms with Crippen LogP contribution in [0.5, 0.6) is 0 Å². The van der Waals surface area contributed by atoms with Gasteiger partial charge in [0.15, 0.2) is 5.78 Å². The zero-order valence-electron chi connectivity index (χ0n) is 22.6. The van der Waals surface area contributed by atoms with Crippen molar-refractivity contribution in [3.8, 4) is 11.1 Å². The van der Waals surface area contributed by atoms with E-state index in [4.69, 9.17) is 10.5 Å². The summed E-state index contributed by atoms with van der Waals surface area (Å²) in [5, 5.41) is 9.69. The largest absolute Gasteiger partial charge is 0.447 e. The third-order valence-electron chi connectivity index (χ3n) is 6.55. The van der Waals surface area contributed by atoms with Crippen LogP contribution in [0.2, 0.25) is 0 Å². The van der Waals surface area contributed by atoms with Crippen molar-refractivity contribution in [3.63, 3.8) is 0 Å². The first kappa shape index (κ1) is 28.9. The molecule has 0 unspecified atom stereocenters. The molecule has 1 saturated heterocycles. The minimum Gasteiger partial charge on any atom is -0.447 e. The lowest BCUT2D eigenvalue weighted by Crippen LogP contribution is -2.50. The van der Waals surface area contributed by atoms with Crippen molar-refractivity contribution in [1.29, 1.82) is 0 Å². The summed E-state index contributed by atoms with van der Waals surface area (Å²) in [6, 6.07) is 25.0. The number of hydrazine groups is 1. The summed E-state index contributed by atoms with van der Waals surface area (Å²) in [5.74, 6) is -0.482. The monoisotopic (exact) mass is 542 g/mol. The number of amides is 2. The first-order valence-corrected chi connectivity index (χ1v) is 13.5. The van der Waals surface area contributed by atoms with Gasteiger partial charge in [-0.3, -0.25) is 9.59 Å². The number of ketones is 1. The molecule has 1 fully saturated rings. The zero-order valence-corrected chi connectivity index (χ0v) is 22.6. The number of nitrogens with one attached hydrogen (secondary N) is 2. The Bertz CT molecular complexity index is 1260. The Morgan fingerprint density at radius 2 is 1.55 bits per heavy atom. The predicted octanol–water partition coefficient (Wildman–Crippen LogP) is 3.56. The molecule has 0 aliphatic carbocycles. The lowest BCUT2D eigenvalue weighted by molar-refractivity contribution is -0.117. The molecule has 2 amide bonds. The molecule has 3 aromatic rings. The van der Waals surface area contributed by atoms with Crippen LogP contribution in [-0.4, -0.2) is 62.1 Å². The van der Waals surface area contributed by atoms with Crippen molar-refractivity contribution in [2.45, 2.75) is 19.4 Å². The van der Waals surface area contributed by atoms with Crippen molar-refractivity contribution >= 4 is 23.5 Å². The third-order valence-corrected chi connectivity index (χ3v) is 6.55. The molecule has 4 rings (SSSR count). The van der Waals surface area contributed by atoms with Crippen LogP contribution in [0.4, 0.5) is 10.5 Å². The van der Waals surface area contributed by atoms with E-state index >= 15 is 0 Å². The molecule has 0 aromatic heterocycles. The molecule has 9 heteroatoms. The summed E-state index contributed by atoms with van der Waals surface area (Å²) in [7, 11) is 0. The van der Waals surface area contributed by atoms with Crippen LogP contribution < -0.4 is 21.4 Å². The van der Waals surface area contributed by atoms with Gasteiger partial charge in [-0.1, -0.05) is 72.8 Å². The van der Waals surface area contributed by atoms with Crippen molar-refractivity contribution in [1.82, 2.24) is 15.6 Å². The van der Waals surface area contributed by atoms with E-state index < -0.39 is 12.0 Å². The normalized spacial score (nSPS) is 13.5. The number of primary amides is 1. The summed E-state index contributed by atoms with van der Waals surface area (Å²) in [4.78, 5) is 36.8. The molecule has 4 N–H and O–H groups in total. The average molecular weight is 543 g/mol. The van der Waals surface area contributed by atoms with Gasteiger partial charge >= 0.3 is 6.09 Å². The van der Waals surface area contributed by atoms with Crippen LogP contribution in [0.25, 0.3) is 11.1 Å². The Kier molecular flexibility index (Phi) is 10.8. The van der Waals surface area contributed by atoms with Crippen molar-refractivity contribution in [2.75, 3.05) is 44.3 Å². The van der Waals surface area contributed by atoms with Gasteiger partial charge in [0.05, 0.1) is 18.8 Å². The second kappa shape index (κ2) is 14.9.